The average Bonchev–Trinajstić information content (AvgIpc) is 3.63. The first-order chi connectivity index (χ1) is 28.7. The number of hydrogen-bond donors (Lipinski definition) is 0. The van der Waals surface area contributed by atoms with Crippen LogP contribution in [-0.2, 0) is 10.8 Å². The van der Waals surface area contributed by atoms with Gasteiger partial charge in [0.2, 0.25) is 0 Å². The molecule has 0 saturated carbocycles. The lowest BCUT2D eigenvalue weighted by molar-refractivity contribution is 0.660. The third-order valence-electron chi connectivity index (χ3n) is 12.7. The van der Waals surface area contributed by atoms with Gasteiger partial charge in [-0.1, -0.05) is 161 Å². The fourth-order valence-corrected chi connectivity index (χ4v) is 9.49. The molecule has 8 aromatic carbocycles. The lowest BCUT2D eigenvalue weighted by atomic mass is 9.81. The van der Waals surface area contributed by atoms with Crippen molar-refractivity contribution in [3.05, 3.63) is 227 Å². The van der Waals surface area contributed by atoms with Crippen molar-refractivity contribution in [2.45, 2.75) is 45.4 Å². The molecule has 8 aromatic rings. The smallest absolute Gasteiger partial charge is 0.0465 e. The fraction of sp³-hybridized carbons (Fsp3) is 0.123. The summed E-state index contributed by atoms with van der Waals surface area (Å²) in [5.41, 5.74) is 21.1. The van der Waals surface area contributed by atoms with Gasteiger partial charge in [0.25, 0.3) is 0 Å². The normalized spacial score (nSPS) is 14.1. The van der Waals surface area contributed by atoms with E-state index < -0.39 is 0 Å². The number of rotatable bonds is 8. The lowest BCUT2D eigenvalue weighted by Crippen LogP contribution is -2.18. The number of hydrogen-bond acceptors (Lipinski definition) is 2. The summed E-state index contributed by atoms with van der Waals surface area (Å²) in [5.74, 6) is 0. The summed E-state index contributed by atoms with van der Waals surface area (Å²) in [6.07, 6.45) is 4.47. The molecule has 0 spiro atoms. The van der Waals surface area contributed by atoms with Gasteiger partial charge in [-0.15, -0.1) is 0 Å². The Kier molecular flexibility index (Phi) is 8.76. The lowest BCUT2D eigenvalue weighted by Gasteiger charge is -2.29. The molecule has 2 aliphatic rings. The molecule has 0 N–H and O–H groups in total. The standard InChI is InChI=1S/C57H48N2/c1-39-20-27-44(28-21-39)59(46-31-34-50-48-18-12-13-19-52(48)56(2,3)54(50)37-46)47-32-35-51-49-33-26-41(36-53(49)57(4,5)55(51)38-47)23-22-40-24-29-45(30-25-40)58(42-14-8-6-9-15-42)43-16-10-7-11-17-43/h6-38H,1-5H3. The molecular formula is C57H48N2. The molecule has 59 heavy (non-hydrogen) atoms. The number of fused-ring (bicyclic) bond motifs is 6. The largest absolute Gasteiger partial charge is 0.311 e. The molecule has 0 radical (unpaired) electrons. The van der Waals surface area contributed by atoms with Crippen molar-refractivity contribution >= 4 is 46.3 Å². The summed E-state index contributed by atoms with van der Waals surface area (Å²) >= 11 is 0. The highest BCUT2D eigenvalue weighted by Gasteiger charge is 2.38. The highest BCUT2D eigenvalue weighted by molar-refractivity contribution is 5.89. The minimum atomic E-state index is -0.176. The van der Waals surface area contributed by atoms with Crippen molar-refractivity contribution < 1.29 is 0 Å². The van der Waals surface area contributed by atoms with E-state index in [0.717, 1.165) is 28.3 Å². The van der Waals surface area contributed by atoms with E-state index in [2.05, 4.69) is 245 Å². The minimum Gasteiger partial charge on any atom is -0.311 e. The van der Waals surface area contributed by atoms with Crippen LogP contribution in [0.2, 0.25) is 0 Å². The summed E-state index contributed by atoms with van der Waals surface area (Å²) in [6, 6.07) is 68.9. The Bertz CT molecular complexity index is 2820. The molecule has 2 aliphatic carbocycles. The Balaban J connectivity index is 0.960. The predicted octanol–water partition coefficient (Wildman–Crippen LogP) is 15.7. The number of anilines is 6. The molecule has 10 rings (SSSR count). The Hall–Kier alpha value is -6.90. The molecular weight excluding hydrogens is 713 g/mol. The highest BCUT2D eigenvalue weighted by atomic mass is 15.1. The first-order valence-electron chi connectivity index (χ1n) is 20.8. The van der Waals surface area contributed by atoms with Crippen LogP contribution in [0.15, 0.2) is 188 Å². The summed E-state index contributed by atoms with van der Waals surface area (Å²) < 4.78 is 0. The van der Waals surface area contributed by atoms with Crippen LogP contribution in [-0.4, -0.2) is 0 Å². The average molecular weight is 761 g/mol. The predicted molar refractivity (Wildman–Crippen MR) is 251 cm³/mol. The molecule has 0 atom stereocenters. The maximum absolute atomic E-state index is 2.44. The van der Waals surface area contributed by atoms with Crippen molar-refractivity contribution in [3.8, 4) is 22.3 Å². The number of para-hydroxylation sites is 2. The van der Waals surface area contributed by atoms with Crippen LogP contribution in [0.25, 0.3) is 34.4 Å². The van der Waals surface area contributed by atoms with E-state index >= 15 is 0 Å². The van der Waals surface area contributed by atoms with E-state index in [1.54, 1.807) is 0 Å². The second-order valence-corrected chi connectivity index (χ2v) is 17.2. The molecule has 0 saturated heterocycles. The van der Waals surface area contributed by atoms with Crippen LogP contribution in [0.1, 0.15) is 66.6 Å². The summed E-state index contributed by atoms with van der Waals surface area (Å²) in [5, 5.41) is 0. The topological polar surface area (TPSA) is 6.48 Å². The van der Waals surface area contributed by atoms with Crippen LogP contribution in [0.3, 0.4) is 0 Å². The van der Waals surface area contributed by atoms with E-state index in [9.17, 15) is 0 Å². The van der Waals surface area contributed by atoms with Gasteiger partial charge in [-0.25, -0.2) is 0 Å². The monoisotopic (exact) mass is 760 g/mol. The van der Waals surface area contributed by atoms with Gasteiger partial charge >= 0.3 is 0 Å². The zero-order chi connectivity index (χ0) is 40.3. The van der Waals surface area contributed by atoms with Gasteiger partial charge in [0.05, 0.1) is 0 Å². The van der Waals surface area contributed by atoms with E-state index in [4.69, 9.17) is 0 Å². The van der Waals surface area contributed by atoms with E-state index in [0.29, 0.717) is 0 Å². The van der Waals surface area contributed by atoms with Crippen molar-refractivity contribution in [1.82, 2.24) is 0 Å². The second-order valence-electron chi connectivity index (χ2n) is 17.2. The quantitative estimate of drug-likeness (QED) is 0.142. The number of aryl methyl sites for hydroxylation is 1. The maximum Gasteiger partial charge on any atom is 0.0465 e. The highest BCUT2D eigenvalue weighted by Crippen LogP contribution is 2.53. The molecule has 0 fully saturated rings. The third kappa shape index (κ3) is 6.28. The summed E-state index contributed by atoms with van der Waals surface area (Å²) in [6.45, 7) is 11.6. The Morgan fingerprint density at radius 1 is 0.322 bits per heavy atom. The van der Waals surface area contributed by atoms with Crippen molar-refractivity contribution in [1.29, 1.82) is 0 Å². The van der Waals surface area contributed by atoms with E-state index in [1.165, 1.54) is 67.0 Å². The molecule has 0 bridgehead atoms. The molecule has 0 unspecified atom stereocenters. The molecule has 2 heteroatoms. The summed E-state index contributed by atoms with van der Waals surface area (Å²) in [4.78, 5) is 4.74. The van der Waals surface area contributed by atoms with E-state index in [1.807, 2.05) is 0 Å². The Morgan fingerprint density at radius 2 is 0.695 bits per heavy atom. The Labute approximate surface area is 349 Å². The maximum atomic E-state index is 2.44. The Morgan fingerprint density at radius 3 is 1.27 bits per heavy atom. The third-order valence-corrected chi connectivity index (χ3v) is 12.7. The van der Waals surface area contributed by atoms with Crippen LogP contribution < -0.4 is 9.80 Å². The molecule has 0 heterocycles. The van der Waals surface area contributed by atoms with Crippen molar-refractivity contribution in [2.75, 3.05) is 9.80 Å². The van der Waals surface area contributed by atoms with Gasteiger partial charge in [0.1, 0.15) is 0 Å². The minimum absolute atomic E-state index is 0.0794. The molecule has 2 nitrogen and oxygen atoms in total. The van der Waals surface area contributed by atoms with Crippen LogP contribution in [0.5, 0.6) is 0 Å². The molecule has 0 amide bonds. The number of benzene rings is 8. The molecule has 0 aromatic heterocycles. The zero-order valence-electron chi connectivity index (χ0n) is 34.4. The van der Waals surface area contributed by atoms with Gasteiger partial charge in [-0.05, 0) is 135 Å². The zero-order valence-corrected chi connectivity index (χ0v) is 34.4. The van der Waals surface area contributed by atoms with Gasteiger partial charge in [-0.2, -0.15) is 0 Å². The fourth-order valence-electron chi connectivity index (χ4n) is 9.49. The first kappa shape index (κ1) is 36.4. The van der Waals surface area contributed by atoms with Gasteiger partial charge < -0.3 is 9.80 Å². The SMILES string of the molecule is Cc1ccc(N(c2ccc3c(c2)C(C)(C)c2ccccc2-3)c2ccc3c(c2)C(C)(C)c2cc(C=Cc4ccc(N(c5ccccc5)c5ccccc5)cc4)ccc2-3)cc1. The van der Waals surface area contributed by atoms with Crippen LogP contribution in [0, 0.1) is 6.92 Å². The van der Waals surface area contributed by atoms with Gasteiger partial charge in [0, 0.05) is 45.0 Å². The van der Waals surface area contributed by atoms with Gasteiger partial charge in [0.15, 0.2) is 0 Å². The van der Waals surface area contributed by atoms with Crippen molar-refractivity contribution in [3.63, 3.8) is 0 Å². The van der Waals surface area contributed by atoms with E-state index in [-0.39, 0.29) is 10.8 Å². The second kappa shape index (κ2) is 14.2. The number of nitrogens with zero attached hydrogens (tertiary/aromatic N) is 2. The van der Waals surface area contributed by atoms with Crippen LogP contribution in [0.4, 0.5) is 34.1 Å². The van der Waals surface area contributed by atoms with Gasteiger partial charge in [-0.3, -0.25) is 0 Å². The van der Waals surface area contributed by atoms with Crippen molar-refractivity contribution in [2.24, 2.45) is 0 Å². The first-order valence-corrected chi connectivity index (χ1v) is 20.8. The summed E-state index contributed by atoms with van der Waals surface area (Å²) in [7, 11) is 0. The molecule has 286 valence electrons. The van der Waals surface area contributed by atoms with Crippen LogP contribution >= 0.6 is 0 Å². The molecule has 0 aliphatic heterocycles.